The molecule has 4 rings (SSSR count). The Bertz CT molecular complexity index is 1400. The summed E-state index contributed by atoms with van der Waals surface area (Å²) in [6.07, 6.45) is 1.96. The van der Waals surface area contributed by atoms with Crippen molar-refractivity contribution in [3.63, 3.8) is 0 Å². The number of rotatable bonds is 9. The highest BCUT2D eigenvalue weighted by Gasteiger charge is 2.24. The fourth-order valence-corrected chi connectivity index (χ4v) is 4.13. The Kier molecular flexibility index (Phi) is 6.90. The minimum Gasteiger partial charge on any atom is -0.486 e. The number of amides is 1. The Morgan fingerprint density at radius 3 is 2.44 bits per heavy atom. The van der Waals surface area contributed by atoms with E-state index in [0.29, 0.717) is 23.7 Å². The van der Waals surface area contributed by atoms with Gasteiger partial charge in [0.15, 0.2) is 6.61 Å². The smallest absolute Gasteiger partial charge is 0.255 e. The molecule has 2 heterocycles. The largest absolute Gasteiger partial charge is 0.486 e. The van der Waals surface area contributed by atoms with E-state index in [1.54, 1.807) is 6.07 Å². The Balaban J connectivity index is 1.93. The lowest BCUT2D eigenvalue weighted by atomic mass is 10.0. The van der Waals surface area contributed by atoms with Gasteiger partial charge in [-0.2, -0.15) is 0 Å². The lowest BCUT2D eigenvalue weighted by Gasteiger charge is -2.26. The summed E-state index contributed by atoms with van der Waals surface area (Å²) in [5.41, 5.74) is 17.0. The van der Waals surface area contributed by atoms with E-state index in [4.69, 9.17) is 25.9 Å². The van der Waals surface area contributed by atoms with E-state index < -0.39 is 11.5 Å². The molecule has 0 fully saturated rings. The number of benzene rings is 2. The quantitative estimate of drug-likeness (QED) is 0.316. The molecule has 0 aliphatic heterocycles. The van der Waals surface area contributed by atoms with Gasteiger partial charge >= 0.3 is 0 Å². The number of ether oxygens (including phenoxy) is 2. The van der Waals surface area contributed by atoms with Gasteiger partial charge in [0, 0.05) is 30.1 Å². The minimum atomic E-state index is -0.576. The summed E-state index contributed by atoms with van der Waals surface area (Å²) >= 11 is 0. The monoisotopic (exact) mass is 487 g/mol. The summed E-state index contributed by atoms with van der Waals surface area (Å²) in [4.78, 5) is 16.6. The zero-order valence-corrected chi connectivity index (χ0v) is 21.4. The second-order valence-electron chi connectivity index (χ2n) is 9.56. The summed E-state index contributed by atoms with van der Waals surface area (Å²) in [5.74, 6) is 1.24. The number of carbonyl (C=O) groups excluding carboxylic acids is 1. The van der Waals surface area contributed by atoms with Gasteiger partial charge in [0.2, 0.25) is 0 Å². The fourth-order valence-electron chi connectivity index (χ4n) is 4.13. The van der Waals surface area contributed by atoms with Crippen LogP contribution in [0.3, 0.4) is 0 Å². The van der Waals surface area contributed by atoms with Crippen LogP contribution in [0.15, 0.2) is 54.7 Å². The Morgan fingerprint density at radius 1 is 1.06 bits per heavy atom. The van der Waals surface area contributed by atoms with Gasteiger partial charge in [-0.3, -0.25) is 9.20 Å². The summed E-state index contributed by atoms with van der Waals surface area (Å²) in [6, 6.07) is 15.7. The zero-order valence-electron chi connectivity index (χ0n) is 21.4. The number of fused-ring (bicyclic) bond motifs is 1. The normalized spacial score (nSPS) is 11.5. The summed E-state index contributed by atoms with van der Waals surface area (Å²) in [7, 11) is 0. The van der Waals surface area contributed by atoms with Gasteiger partial charge in [0.25, 0.3) is 5.91 Å². The first kappa shape index (κ1) is 25.1. The number of nitrogens with one attached hydrogen (secondary N) is 1. The van der Waals surface area contributed by atoms with Gasteiger partial charge in [-0.05, 0) is 69.5 Å². The van der Waals surface area contributed by atoms with Crippen molar-refractivity contribution in [2.75, 3.05) is 18.5 Å². The van der Waals surface area contributed by atoms with E-state index in [0.717, 1.165) is 39.4 Å². The van der Waals surface area contributed by atoms with Gasteiger partial charge < -0.3 is 26.3 Å². The molecule has 2 aromatic heterocycles. The highest BCUT2D eigenvalue weighted by atomic mass is 16.5. The van der Waals surface area contributed by atoms with E-state index in [-0.39, 0.29) is 6.61 Å². The lowest BCUT2D eigenvalue weighted by molar-refractivity contribution is -0.119. The molecule has 0 aliphatic rings. The highest BCUT2D eigenvalue weighted by molar-refractivity contribution is 5.86. The fraction of sp³-hybridized carbons (Fsp3) is 0.286. The van der Waals surface area contributed by atoms with E-state index in [2.05, 4.69) is 31.3 Å². The minimum absolute atomic E-state index is 0.275. The van der Waals surface area contributed by atoms with Crippen molar-refractivity contribution >= 4 is 23.1 Å². The molecule has 0 atom stereocenters. The highest BCUT2D eigenvalue weighted by Crippen LogP contribution is 2.42. The molecule has 4 aromatic rings. The topological polar surface area (TPSA) is 117 Å². The molecule has 188 valence electrons. The van der Waals surface area contributed by atoms with Crippen LogP contribution < -0.4 is 26.3 Å². The van der Waals surface area contributed by atoms with E-state index >= 15 is 0 Å². The van der Waals surface area contributed by atoms with Crippen molar-refractivity contribution in [3.8, 4) is 22.8 Å². The zero-order chi connectivity index (χ0) is 26.0. The van der Waals surface area contributed by atoms with Crippen LogP contribution in [0, 0.1) is 20.8 Å². The number of nitrogens with two attached hydrogens (primary N) is 2. The van der Waals surface area contributed by atoms with Gasteiger partial charge in [0.1, 0.15) is 34.3 Å². The molecule has 0 bridgehead atoms. The number of carbonyl (C=O) groups is 1. The van der Waals surface area contributed by atoms with Crippen molar-refractivity contribution in [2.24, 2.45) is 11.5 Å². The van der Waals surface area contributed by atoms with Crippen LogP contribution in [-0.4, -0.2) is 34.0 Å². The number of primary amides is 1. The number of hydrogen-bond donors (Lipinski definition) is 3. The summed E-state index contributed by atoms with van der Waals surface area (Å²) in [6.45, 7) is 9.97. The molecule has 0 aliphatic carbocycles. The number of para-hydroxylation sites is 1. The number of imidazole rings is 1. The van der Waals surface area contributed by atoms with E-state index in [9.17, 15) is 4.79 Å². The van der Waals surface area contributed by atoms with Gasteiger partial charge in [-0.25, -0.2) is 4.98 Å². The number of nitrogens with zero attached hydrogens (tertiary/aromatic N) is 2. The van der Waals surface area contributed by atoms with Crippen molar-refractivity contribution in [1.82, 2.24) is 9.38 Å². The average Bonchev–Trinajstić information content (AvgIpc) is 3.17. The molecule has 8 nitrogen and oxygen atoms in total. The van der Waals surface area contributed by atoms with Crippen LogP contribution >= 0.6 is 0 Å². The molecule has 5 N–H and O–H groups in total. The van der Waals surface area contributed by atoms with Crippen molar-refractivity contribution in [2.45, 2.75) is 40.2 Å². The molecule has 0 saturated carbocycles. The third-order valence-electron chi connectivity index (χ3n) is 6.02. The maximum Gasteiger partial charge on any atom is 0.255 e. The summed E-state index contributed by atoms with van der Waals surface area (Å²) in [5, 5.41) is 3.62. The first-order chi connectivity index (χ1) is 17.1. The molecule has 1 amide bonds. The third kappa shape index (κ3) is 5.13. The van der Waals surface area contributed by atoms with Crippen molar-refractivity contribution < 1.29 is 14.3 Å². The molecule has 0 spiro atoms. The molecule has 2 aromatic carbocycles. The van der Waals surface area contributed by atoms with Crippen LogP contribution in [0.5, 0.6) is 11.5 Å². The number of aryl methyl sites for hydroxylation is 3. The van der Waals surface area contributed by atoms with Crippen LogP contribution in [0.1, 0.15) is 30.5 Å². The third-order valence-corrected chi connectivity index (χ3v) is 6.02. The summed E-state index contributed by atoms with van der Waals surface area (Å²) < 4.78 is 14.0. The van der Waals surface area contributed by atoms with E-state index in [1.165, 1.54) is 0 Å². The Labute approximate surface area is 211 Å². The lowest BCUT2D eigenvalue weighted by Crippen LogP contribution is -2.37. The van der Waals surface area contributed by atoms with Crippen LogP contribution in [0.4, 0.5) is 11.5 Å². The average molecular weight is 488 g/mol. The Morgan fingerprint density at radius 2 is 1.78 bits per heavy atom. The Hall–Kier alpha value is -4.04. The standard InChI is InChI=1S/C28H33N5O3/c1-17-9-8-10-18(2)25(17)32-27-26(31-23-11-6-7-12-33(23)27)24-19(3)13-20(36-28(4,5)16-29)14-21(24)35-15-22(30)34/h6-14,32H,15-16,29H2,1-5H3,(H2,30,34). The molecule has 36 heavy (non-hydrogen) atoms. The number of hydrogen-bond acceptors (Lipinski definition) is 6. The molecular weight excluding hydrogens is 454 g/mol. The first-order valence-electron chi connectivity index (χ1n) is 11.8. The molecule has 0 radical (unpaired) electrons. The van der Waals surface area contributed by atoms with Gasteiger partial charge in [0.05, 0.1) is 0 Å². The van der Waals surface area contributed by atoms with Crippen molar-refractivity contribution in [3.05, 3.63) is 71.4 Å². The molecule has 0 unspecified atom stereocenters. The van der Waals surface area contributed by atoms with Gasteiger partial charge in [-0.15, -0.1) is 0 Å². The van der Waals surface area contributed by atoms with Crippen LogP contribution in [0.25, 0.3) is 16.9 Å². The molecule has 8 heteroatoms. The van der Waals surface area contributed by atoms with Crippen molar-refractivity contribution in [1.29, 1.82) is 0 Å². The van der Waals surface area contributed by atoms with Crippen LogP contribution in [0.2, 0.25) is 0 Å². The second-order valence-corrected chi connectivity index (χ2v) is 9.56. The second kappa shape index (κ2) is 9.91. The molecular formula is C28H33N5O3. The van der Waals surface area contributed by atoms with Crippen LogP contribution in [-0.2, 0) is 4.79 Å². The first-order valence-corrected chi connectivity index (χ1v) is 11.8. The number of anilines is 2. The predicted molar refractivity (Wildman–Crippen MR) is 143 cm³/mol. The number of pyridine rings is 1. The number of aromatic nitrogens is 2. The molecule has 0 saturated heterocycles. The predicted octanol–water partition coefficient (Wildman–Crippen LogP) is 4.65. The van der Waals surface area contributed by atoms with E-state index in [1.807, 2.05) is 61.7 Å². The maximum atomic E-state index is 11.6. The SMILES string of the molecule is Cc1cccc(C)c1Nc1c(-c2c(C)cc(OC(C)(C)CN)cc2OCC(N)=O)nc2ccccn12. The maximum absolute atomic E-state index is 11.6. The van der Waals surface area contributed by atoms with Gasteiger partial charge in [-0.1, -0.05) is 24.3 Å².